The summed E-state index contributed by atoms with van der Waals surface area (Å²) in [6, 6.07) is 6.14. The van der Waals surface area contributed by atoms with Crippen LogP contribution in [0.1, 0.15) is 26.7 Å². The molecule has 0 heterocycles. The molecule has 0 saturated carbocycles. The highest BCUT2D eigenvalue weighted by atomic mass is 32.2. The fourth-order valence-corrected chi connectivity index (χ4v) is 2.76. The van der Waals surface area contributed by atoms with E-state index in [0.717, 1.165) is 13.0 Å². The van der Waals surface area contributed by atoms with Crippen molar-refractivity contribution in [3.8, 4) is 0 Å². The second-order valence-corrected chi connectivity index (χ2v) is 6.56. The van der Waals surface area contributed by atoms with E-state index in [9.17, 15) is 12.8 Å². The van der Waals surface area contributed by atoms with Gasteiger partial charge in [0.15, 0.2) is 0 Å². The lowest BCUT2D eigenvalue weighted by Crippen LogP contribution is -2.24. The monoisotopic (exact) mass is 288 g/mol. The number of halogens is 1. The summed E-state index contributed by atoms with van der Waals surface area (Å²) < 4.78 is 39.1. The molecule has 19 heavy (non-hydrogen) atoms. The van der Waals surface area contributed by atoms with Crippen molar-refractivity contribution in [1.29, 1.82) is 0 Å². The van der Waals surface area contributed by atoms with Gasteiger partial charge in [-0.1, -0.05) is 26.0 Å². The highest BCUT2D eigenvalue weighted by molar-refractivity contribution is 7.92. The van der Waals surface area contributed by atoms with Gasteiger partial charge < -0.3 is 5.32 Å². The molecule has 6 heteroatoms. The van der Waals surface area contributed by atoms with E-state index in [1.807, 2.05) is 13.8 Å². The minimum atomic E-state index is -3.48. The van der Waals surface area contributed by atoms with Crippen LogP contribution < -0.4 is 10.0 Å². The number of hydrogen-bond donors (Lipinski definition) is 2. The fraction of sp³-hybridized carbons (Fsp3) is 0.538. The number of rotatable bonds is 8. The standard InChI is InChI=1S/C13H21FN2O2S/c1-11(2)15-9-5-6-10-19(17,18)16-13-8-4-3-7-12(13)14/h3-4,7-8,11,15-16H,5-6,9-10H2,1-2H3. The maximum Gasteiger partial charge on any atom is 0.232 e. The van der Waals surface area contributed by atoms with Crippen molar-refractivity contribution in [3.63, 3.8) is 0 Å². The molecule has 0 aromatic heterocycles. The molecule has 108 valence electrons. The van der Waals surface area contributed by atoms with Gasteiger partial charge in [-0.15, -0.1) is 0 Å². The number of sulfonamides is 1. The maximum atomic E-state index is 13.3. The maximum absolute atomic E-state index is 13.3. The third-order valence-corrected chi connectivity index (χ3v) is 3.89. The van der Waals surface area contributed by atoms with Crippen molar-refractivity contribution in [2.45, 2.75) is 32.7 Å². The average molecular weight is 288 g/mol. The van der Waals surface area contributed by atoms with Crippen molar-refractivity contribution in [2.24, 2.45) is 0 Å². The van der Waals surface area contributed by atoms with Gasteiger partial charge in [-0.05, 0) is 31.5 Å². The Labute approximate surface area is 114 Å². The van der Waals surface area contributed by atoms with Crippen molar-refractivity contribution in [3.05, 3.63) is 30.1 Å². The number of benzene rings is 1. The molecule has 0 aliphatic heterocycles. The van der Waals surface area contributed by atoms with Gasteiger partial charge in [0, 0.05) is 6.04 Å². The van der Waals surface area contributed by atoms with Crippen LogP contribution in [0, 0.1) is 5.82 Å². The van der Waals surface area contributed by atoms with E-state index >= 15 is 0 Å². The van der Waals surface area contributed by atoms with Crippen LogP contribution in [0.15, 0.2) is 24.3 Å². The van der Waals surface area contributed by atoms with E-state index in [-0.39, 0.29) is 11.4 Å². The number of para-hydroxylation sites is 1. The minimum absolute atomic E-state index is 0.00110. The van der Waals surface area contributed by atoms with Gasteiger partial charge in [0.2, 0.25) is 10.0 Å². The summed E-state index contributed by atoms with van der Waals surface area (Å²) in [4.78, 5) is 0. The van der Waals surface area contributed by atoms with E-state index in [2.05, 4.69) is 10.0 Å². The SMILES string of the molecule is CC(C)NCCCCS(=O)(=O)Nc1ccccc1F. The molecular formula is C13H21FN2O2S. The Morgan fingerprint density at radius 1 is 1.21 bits per heavy atom. The van der Waals surface area contributed by atoms with Crippen LogP contribution in [0.4, 0.5) is 10.1 Å². The molecule has 4 nitrogen and oxygen atoms in total. The summed E-state index contributed by atoms with van der Waals surface area (Å²) in [6.45, 7) is 4.86. The lowest BCUT2D eigenvalue weighted by molar-refractivity contribution is 0.560. The molecular weight excluding hydrogens is 267 g/mol. The van der Waals surface area contributed by atoms with Crippen LogP contribution in [-0.4, -0.2) is 26.8 Å². The highest BCUT2D eigenvalue weighted by Gasteiger charge is 2.12. The van der Waals surface area contributed by atoms with Crippen molar-refractivity contribution < 1.29 is 12.8 Å². The molecule has 0 saturated heterocycles. The Balaban J connectivity index is 2.38. The summed E-state index contributed by atoms with van der Waals surface area (Å²) in [7, 11) is -3.48. The molecule has 0 bridgehead atoms. The topological polar surface area (TPSA) is 58.2 Å². The number of hydrogen-bond acceptors (Lipinski definition) is 3. The molecule has 0 fully saturated rings. The summed E-state index contributed by atoms with van der Waals surface area (Å²) in [6.07, 6.45) is 1.32. The lowest BCUT2D eigenvalue weighted by atomic mass is 10.3. The first kappa shape index (κ1) is 15.9. The molecule has 1 rings (SSSR count). The molecule has 0 amide bonds. The van der Waals surface area contributed by atoms with Crippen LogP contribution in [0.25, 0.3) is 0 Å². The van der Waals surface area contributed by atoms with Crippen LogP contribution >= 0.6 is 0 Å². The van der Waals surface area contributed by atoms with E-state index in [1.54, 1.807) is 6.07 Å². The smallest absolute Gasteiger partial charge is 0.232 e. The summed E-state index contributed by atoms with van der Waals surface area (Å²) >= 11 is 0. The van der Waals surface area contributed by atoms with Gasteiger partial charge >= 0.3 is 0 Å². The molecule has 1 aromatic rings. The first-order valence-corrected chi connectivity index (χ1v) is 8.04. The Bertz CT molecular complexity index is 489. The number of unbranched alkanes of at least 4 members (excludes halogenated alkanes) is 1. The quantitative estimate of drug-likeness (QED) is 0.722. The van der Waals surface area contributed by atoms with Gasteiger partial charge in [0.25, 0.3) is 0 Å². The first-order valence-electron chi connectivity index (χ1n) is 6.39. The second-order valence-electron chi connectivity index (χ2n) is 4.72. The molecule has 0 radical (unpaired) electrons. The second kappa shape index (κ2) is 7.45. The first-order chi connectivity index (χ1) is 8.91. The Hall–Kier alpha value is -1.14. The Morgan fingerprint density at radius 3 is 2.53 bits per heavy atom. The zero-order valence-electron chi connectivity index (χ0n) is 11.3. The summed E-state index contributed by atoms with van der Waals surface area (Å²) in [5, 5.41) is 3.22. The molecule has 0 unspecified atom stereocenters. The van der Waals surface area contributed by atoms with Gasteiger partial charge in [-0.2, -0.15) is 0 Å². The van der Waals surface area contributed by atoms with Crippen LogP contribution in [0.5, 0.6) is 0 Å². The Morgan fingerprint density at radius 2 is 1.89 bits per heavy atom. The molecule has 2 N–H and O–H groups in total. The van der Waals surface area contributed by atoms with Gasteiger partial charge in [0.05, 0.1) is 11.4 Å². The molecule has 0 atom stereocenters. The lowest BCUT2D eigenvalue weighted by Gasteiger charge is -2.10. The van der Waals surface area contributed by atoms with E-state index in [4.69, 9.17) is 0 Å². The Kier molecular flexibility index (Phi) is 6.24. The van der Waals surface area contributed by atoms with Crippen molar-refractivity contribution in [2.75, 3.05) is 17.0 Å². The zero-order chi connectivity index (χ0) is 14.3. The highest BCUT2D eigenvalue weighted by Crippen LogP contribution is 2.14. The molecule has 0 aliphatic carbocycles. The van der Waals surface area contributed by atoms with E-state index < -0.39 is 15.8 Å². The van der Waals surface area contributed by atoms with Gasteiger partial charge in [-0.3, -0.25) is 4.72 Å². The normalized spacial score (nSPS) is 11.8. The van der Waals surface area contributed by atoms with Crippen LogP contribution in [0.2, 0.25) is 0 Å². The third kappa shape index (κ3) is 6.54. The molecule has 1 aromatic carbocycles. The number of nitrogens with one attached hydrogen (secondary N) is 2. The summed E-state index contributed by atoms with van der Waals surface area (Å²) in [5.74, 6) is -0.561. The predicted octanol–water partition coefficient (Wildman–Crippen LogP) is 2.35. The molecule has 0 aliphatic rings. The van der Waals surface area contributed by atoms with Crippen LogP contribution in [0.3, 0.4) is 0 Å². The van der Waals surface area contributed by atoms with Crippen molar-refractivity contribution >= 4 is 15.7 Å². The predicted molar refractivity (Wildman–Crippen MR) is 76.2 cm³/mol. The average Bonchev–Trinajstić information content (AvgIpc) is 2.31. The third-order valence-electron chi connectivity index (χ3n) is 2.53. The minimum Gasteiger partial charge on any atom is -0.315 e. The molecule has 0 spiro atoms. The largest absolute Gasteiger partial charge is 0.315 e. The van der Waals surface area contributed by atoms with Gasteiger partial charge in [0.1, 0.15) is 5.82 Å². The van der Waals surface area contributed by atoms with Gasteiger partial charge in [-0.25, -0.2) is 12.8 Å². The van der Waals surface area contributed by atoms with Crippen LogP contribution in [-0.2, 0) is 10.0 Å². The number of anilines is 1. The summed E-state index contributed by atoms with van der Waals surface area (Å²) in [5.41, 5.74) is 0.00260. The van der Waals surface area contributed by atoms with E-state index in [0.29, 0.717) is 12.5 Å². The van der Waals surface area contributed by atoms with E-state index in [1.165, 1.54) is 18.2 Å². The fourth-order valence-electron chi connectivity index (χ4n) is 1.57. The van der Waals surface area contributed by atoms with Crippen molar-refractivity contribution in [1.82, 2.24) is 5.32 Å². The zero-order valence-corrected chi connectivity index (χ0v) is 12.1.